The van der Waals surface area contributed by atoms with Crippen LogP contribution in [0.15, 0.2) is 97.6 Å². The lowest BCUT2D eigenvalue weighted by atomic mass is 9.84. The van der Waals surface area contributed by atoms with Crippen LogP contribution in [0.4, 0.5) is 0 Å². The summed E-state index contributed by atoms with van der Waals surface area (Å²) in [6.45, 7) is 21.6. The van der Waals surface area contributed by atoms with Gasteiger partial charge in [-0.2, -0.15) is 0 Å². The highest BCUT2D eigenvalue weighted by molar-refractivity contribution is 5.95. The Hall–Kier alpha value is -4.83. The van der Waals surface area contributed by atoms with E-state index in [0.717, 1.165) is 11.1 Å². The minimum absolute atomic E-state index is 0. The van der Waals surface area contributed by atoms with Crippen molar-refractivity contribution in [3.05, 3.63) is 109 Å². The van der Waals surface area contributed by atoms with E-state index in [1.54, 1.807) is 18.2 Å². The number of hydrogen-bond acceptors (Lipinski definition) is 14. The summed E-state index contributed by atoms with van der Waals surface area (Å²) in [6, 6.07) is 20.0. The summed E-state index contributed by atoms with van der Waals surface area (Å²) in [5.74, 6) is -1.55. The van der Waals surface area contributed by atoms with Crippen molar-refractivity contribution in [1.82, 2.24) is 0 Å². The molecule has 0 aliphatic carbocycles. The summed E-state index contributed by atoms with van der Waals surface area (Å²) in [6.07, 6.45) is 6.34. The van der Waals surface area contributed by atoms with Gasteiger partial charge >= 0.3 is 17.9 Å². The molecule has 4 heterocycles. The van der Waals surface area contributed by atoms with Crippen LogP contribution in [0, 0.1) is 35.5 Å². The molecule has 0 amide bonds. The fourth-order valence-electron chi connectivity index (χ4n) is 9.70. The molecule has 16 atom stereocenters. The maximum absolute atomic E-state index is 12.7. The molecule has 70 heavy (non-hydrogen) atoms. The molecular weight excluding hydrogens is 897 g/mol. The van der Waals surface area contributed by atoms with Gasteiger partial charge in [-0.3, -0.25) is 24.0 Å². The quantitative estimate of drug-likeness (QED) is 0.0660. The van der Waals surface area contributed by atoms with E-state index in [1.807, 2.05) is 88.4 Å². The molecule has 0 aromatic heterocycles. The lowest BCUT2D eigenvalue weighted by Crippen LogP contribution is -2.44. The van der Waals surface area contributed by atoms with Crippen molar-refractivity contribution in [2.24, 2.45) is 35.5 Å². The fourth-order valence-corrected chi connectivity index (χ4v) is 9.70. The molecule has 2 saturated heterocycles. The minimum atomic E-state index is -0.904. The van der Waals surface area contributed by atoms with Crippen molar-refractivity contribution in [1.29, 1.82) is 0 Å². The Morgan fingerprint density at radius 2 is 1.06 bits per heavy atom. The zero-order valence-corrected chi connectivity index (χ0v) is 41.8. The first-order valence-corrected chi connectivity index (χ1v) is 24.4. The van der Waals surface area contributed by atoms with Gasteiger partial charge in [-0.1, -0.05) is 122 Å². The summed E-state index contributed by atoms with van der Waals surface area (Å²) >= 11 is 0. The van der Waals surface area contributed by atoms with Crippen molar-refractivity contribution in [3.8, 4) is 0 Å². The normalized spacial score (nSPS) is 29.9. The summed E-state index contributed by atoms with van der Waals surface area (Å²) in [7, 11) is 0. The molecule has 6 rings (SSSR count). The molecular formula is C56H78O14. The second kappa shape index (κ2) is 28.3. The van der Waals surface area contributed by atoms with E-state index >= 15 is 0 Å². The summed E-state index contributed by atoms with van der Waals surface area (Å²) in [4.78, 5) is 59.2. The van der Waals surface area contributed by atoms with Crippen LogP contribution in [0.2, 0.25) is 0 Å². The highest BCUT2D eigenvalue weighted by atomic mass is 16.7. The van der Waals surface area contributed by atoms with Gasteiger partial charge in [0, 0.05) is 44.4 Å². The van der Waals surface area contributed by atoms with Gasteiger partial charge < -0.3 is 42.6 Å². The zero-order chi connectivity index (χ0) is 50.2. The average Bonchev–Trinajstić information content (AvgIpc) is 3.80. The van der Waals surface area contributed by atoms with Gasteiger partial charge in [-0.15, -0.1) is 6.58 Å². The zero-order valence-electron chi connectivity index (χ0n) is 41.8. The van der Waals surface area contributed by atoms with Crippen molar-refractivity contribution in [2.45, 2.75) is 163 Å². The molecule has 0 bridgehead atoms. The van der Waals surface area contributed by atoms with E-state index in [2.05, 4.69) is 20.4 Å². The molecule has 2 aromatic rings. The summed E-state index contributed by atoms with van der Waals surface area (Å²) < 4.78 is 53.3. The van der Waals surface area contributed by atoms with Crippen LogP contribution in [0.1, 0.15) is 100 Å². The van der Waals surface area contributed by atoms with Gasteiger partial charge in [-0.05, 0) is 60.5 Å². The van der Waals surface area contributed by atoms with Crippen LogP contribution in [-0.2, 0) is 79.8 Å². The van der Waals surface area contributed by atoms with Crippen LogP contribution in [0.3, 0.4) is 0 Å². The average molecular weight is 975 g/mol. The predicted molar refractivity (Wildman–Crippen MR) is 264 cm³/mol. The number of rotatable bonds is 21. The molecule has 0 saturated carbocycles. The molecule has 2 aromatic carbocycles. The van der Waals surface area contributed by atoms with Crippen LogP contribution >= 0.6 is 0 Å². The second-order valence-corrected chi connectivity index (χ2v) is 19.2. The van der Waals surface area contributed by atoms with E-state index in [1.165, 1.54) is 32.9 Å². The third-order valence-corrected chi connectivity index (χ3v) is 13.2. The highest BCUT2D eigenvalue weighted by Gasteiger charge is 2.50. The number of ether oxygens (including phenoxy) is 9. The van der Waals surface area contributed by atoms with E-state index < -0.39 is 24.5 Å². The fraction of sp³-hybridized carbons (Fsp3) is 0.589. The van der Waals surface area contributed by atoms with Gasteiger partial charge in [-0.25, -0.2) is 0 Å². The van der Waals surface area contributed by atoms with Crippen LogP contribution in [0.5, 0.6) is 0 Å². The molecule has 386 valence electrons. The maximum Gasteiger partial charge on any atom is 0.305 e. The minimum Gasteiger partial charge on any atom is -0.466 e. The molecule has 14 heteroatoms. The van der Waals surface area contributed by atoms with E-state index in [0.29, 0.717) is 45.7 Å². The first-order valence-electron chi connectivity index (χ1n) is 24.4. The van der Waals surface area contributed by atoms with Crippen molar-refractivity contribution in [3.63, 3.8) is 0 Å². The highest BCUT2D eigenvalue weighted by Crippen LogP contribution is 2.41. The molecule has 0 spiro atoms. The van der Waals surface area contributed by atoms with Crippen molar-refractivity contribution < 1.29 is 66.6 Å². The lowest BCUT2D eigenvalue weighted by Gasteiger charge is -2.33. The van der Waals surface area contributed by atoms with E-state index in [9.17, 15) is 24.0 Å². The smallest absolute Gasteiger partial charge is 0.305 e. The third kappa shape index (κ3) is 16.9. The molecule has 2 unspecified atom stereocenters. The Morgan fingerprint density at radius 3 is 1.47 bits per heavy atom. The van der Waals surface area contributed by atoms with E-state index in [4.69, 9.17) is 42.6 Å². The Kier molecular flexibility index (Phi) is 23.3. The van der Waals surface area contributed by atoms with E-state index in [-0.39, 0.29) is 109 Å². The van der Waals surface area contributed by atoms with Gasteiger partial charge in [0.25, 0.3) is 0 Å². The first-order chi connectivity index (χ1) is 32.9. The summed E-state index contributed by atoms with van der Waals surface area (Å²) in [5, 5.41) is 0. The van der Waals surface area contributed by atoms with Crippen molar-refractivity contribution in [2.75, 3.05) is 13.2 Å². The Balaban J connectivity index is 0.000000300. The SMILES string of the molecule is C.C=CC[C@@H]1C=CC(=O)C([C@@H](C)[C@@H]2O[C@H](C[C@@H](C)COC(C)=O)[C@H](OCc3ccccc3)[C@H]2C)O1.CC(=O)OC[C@H](C)C[C@H]1O[C@@H]([C@H](C)[C@H]2OC(OC(C)=O)C=CC2=O)[C@H](C)[C@H]1OCc1ccccc1. The van der Waals surface area contributed by atoms with Crippen LogP contribution < -0.4 is 0 Å². The van der Waals surface area contributed by atoms with Crippen molar-refractivity contribution >= 4 is 29.5 Å². The number of benzene rings is 2. The Labute approximate surface area is 415 Å². The predicted octanol–water partition coefficient (Wildman–Crippen LogP) is 8.92. The van der Waals surface area contributed by atoms with Crippen LogP contribution in [-0.4, -0.2) is 104 Å². The number of esters is 3. The lowest BCUT2D eigenvalue weighted by molar-refractivity contribution is -0.189. The third-order valence-electron chi connectivity index (χ3n) is 13.2. The molecule has 0 radical (unpaired) electrons. The molecule has 4 aliphatic rings. The Bertz CT molecular complexity index is 2040. The second-order valence-electron chi connectivity index (χ2n) is 19.2. The van der Waals surface area contributed by atoms with Gasteiger partial charge in [0.1, 0.15) is 12.2 Å². The molecule has 0 N–H and O–H groups in total. The first kappa shape index (κ1) is 57.7. The number of carbonyl (C=O) groups excluding carboxylic acids is 5. The monoisotopic (exact) mass is 975 g/mol. The number of ketones is 2. The molecule has 14 nitrogen and oxygen atoms in total. The molecule has 2 fully saturated rings. The Morgan fingerprint density at radius 1 is 0.629 bits per heavy atom. The van der Waals surface area contributed by atoms with Gasteiger partial charge in [0.15, 0.2) is 11.6 Å². The number of hydrogen-bond donors (Lipinski definition) is 0. The summed E-state index contributed by atoms with van der Waals surface area (Å²) in [5.41, 5.74) is 2.16. The maximum atomic E-state index is 12.7. The molecule has 4 aliphatic heterocycles. The van der Waals surface area contributed by atoms with Gasteiger partial charge in [0.05, 0.1) is 69.2 Å². The van der Waals surface area contributed by atoms with Gasteiger partial charge in [0.2, 0.25) is 6.29 Å². The largest absolute Gasteiger partial charge is 0.466 e. The topological polar surface area (TPSA) is 168 Å². The van der Waals surface area contributed by atoms with Crippen LogP contribution in [0.25, 0.3) is 0 Å². The standard InChI is InChI=1S/C28H38O6.C27H36O8.CH4/c1-6-10-23-13-14-24(30)27(33-23)19(3)26-20(4)28(32-17-22-11-8-7-9-12-22)25(34-26)15-18(2)16-31-21(5)29;1-16(14-31-19(4)28)13-23-27(32-15-21-9-7-6-8-10-21)18(3)25(34-23)17(2)26-22(30)11-12-24(35-26)33-20(5)29;/h6-9,11-14,18-20,23,25-28H,1,10,15-17H2,2-5H3;6-12,16-18,23-27H,13-15H2,1-5H3;1H4/t18-,19+,20+,23-,25-,26+,27?,28-;16-,17+,18+,23-,24?,25+,26-,27-;/m11./s1. The number of carbonyl (C=O) groups is 5.